The summed E-state index contributed by atoms with van der Waals surface area (Å²) < 4.78 is 35.4. The fourth-order valence-corrected chi connectivity index (χ4v) is 0.753. The van der Waals surface area contributed by atoms with Crippen molar-refractivity contribution < 1.29 is 28.2 Å². The van der Waals surface area contributed by atoms with Crippen LogP contribution in [-0.4, -0.2) is 41.0 Å². The van der Waals surface area contributed by atoms with Gasteiger partial charge < -0.3 is 15.5 Å². The smallest absolute Gasteiger partial charge is 0.394 e. The van der Waals surface area contributed by atoms with Crippen LogP contribution in [0.25, 0.3) is 0 Å². The molecule has 0 aromatic carbocycles. The van der Waals surface area contributed by atoms with E-state index in [1.807, 2.05) is 0 Å². The summed E-state index contributed by atoms with van der Waals surface area (Å²) in [7, 11) is 0. The van der Waals surface area contributed by atoms with Crippen LogP contribution >= 0.6 is 0 Å². The molecule has 7 heteroatoms. The lowest BCUT2D eigenvalue weighted by atomic mass is 9.98. The van der Waals surface area contributed by atoms with Crippen molar-refractivity contribution in [1.82, 2.24) is 5.32 Å². The Bertz CT molecular complexity index is 193. The zero-order chi connectivity index (χ0) is 11.4. The van der Waals surface area contributed by atoms with Crippen molar-refractivity contribution in [2.45, 2.75) is 25.1 Å². The van der Waals surface area contributed by atoms with E-state index in [2.05, 4.69) is 0 Å². The van der Waals surface area contributed by atoms with Crippen LogP contribution in [0.2, 0.25) is 0 Å². The minimum Gasteiger partial charge on any atom is -0.394 e. The number of nitrogens with one attached hydrogen (secondary N) is 1. The molecule has 0 atom stereocenters. The number of amides is 1. The van der Waals surface area contributed by atoms with Gasteiger partial charge in [0.25, 0.3) is 0 Å². The number of carbonyl (C=O) groups is 1. The number of halogens is 3. The maximum Gasteiger partial charge on any atom is 0.471 e. The molecule has 0 aromatic heterocycles. The van der Waals surface area contributed by atoms with E-state index in [1.54, 1.807) is 5.32 Å². The maximum absolute atomic E-state index is 11.8. The summed E-state index contributed by atoms with van der Waals surface area (Å²) in [5, 5.41) is 19.1. The Morgan fingerprint density at radius 3 is 1.93 bits per heavy atom. The lowest BCUT2D eigenvalue weighted by Crippen LogP contribution is -2.57. The molecule has 1 amide bonds. The normalized spacial score (nSPS) is 12.7. The molecule has 4 nitrogen and oxygen atoms in total. The number of hydrogen-bond acceptors (Lipinski definition) is 3. The molecule has 84 valence electrons. The van der Waals surface area contributed by atoms with Gasteiger partial charge in [0.05, 0.1) is 18.8 Å². The average molecular weight is 215 g/mol. The zero-order valence-electron chi connectivity index (χ0n) is 7.56. The Balaban J connectivity index is 4.54. The van der Waals surface area contributed by atoms with Crippen LogP contribution in [0, 0.1) is 0 Å². The third-order valence-corrected chi connectivity index (χ3v) is 1.92. The number of rotatable bonds is 4. The second-order valence-electron chi connectivity index (χ2n) is 2.90. The van der Waals surface area contributed by atoms with E-state index in [0.29, 0.717) is 0 Å². The van der Waals surface area contributed by atoms with Crippen molar-refractivity contribution in [1.29, 1.82) is 0 Å². The summed E-state index contributed by atoms with van der Waals surface area (Å²) in [6, 6.07) is 0. The monoisotopic (exact) mass is 215 g/mol. The van der Waals surface area contributed by atoms with Gasteiger partial charge in [-0.05, 0) is 6.42 Å². The summed E-state index contributed by atoms with van der Waals surface area (Å²) in [5.74, 6) is -2.16. The molecular formula is C7H12F3NO3. The zero-order valence-corrected chi connectivity index (χ0v) is 7.56. The lowest BCUT2D eigenvalue weighted by Gasteiger charge is -2.29. The summed E-state index contributed by atoms with van der Waals surface area (Å²) in [4.78, 5) is 10.5. The molecule has 0 heterocycles. The van der Waals surface area contributed by atoms with Gasteiger partial charge in [0.2, 0.25) is 0 Å². The van der Waals surface area contributed by atoms with Gasteiger partial charge >= 0.3 is 12.1 Å². The van der Waals surface area contributed by atoms with Crippen molar-refractivity contribution in [2.24, 2.45) is 0 Å². The van der Waals surface area contributed by atoms with E-state index >= 15 is 0 Å². The van der Waals surface area contributed by atoms with E-state index in [1.165, 1.54) is 6.92 Å². The highest BCUT2D eigenvalue weighted by Crippen LogP contribution is 2.17. The summed E-state index contributed by atoms with van der Waals surface area (Å²) in [5.41, 5.74) is -1.60. The Kier molecular flexibility index (Phi) is 4.34. The predicted octanol–water partition coefficient (Wildman–Crippen LogP) is -0.202. The second-order valence-corrected chi connectivity index (χ2v) is 2.90. The summed E-state index contributed by atoms with van der Waals surface area (Å²) >= 11 is 0. The topological polar surface area (TPSA) is 69.6 Å². The summed E-state index contributed by atoms with van der Waals surface area (Å²) in [6.07, 6.45) is -5.01. The number of aliphatic hydroxyl groups is 2. The molecule has 0 aliphatic heterocycles. The standard InChI is InChI=1S/C7H12F3NO3/c1-2-6(3-12,4-13)11-5(14)7(8,9)10/h12-13H,2-4H2,1H3,(H,11,14). The highest BCUT2D eigenvalue weighted by atomic mass is 19.4. The Morgan fingerprint density at radius 1 is 1.29 bits per heavy atom. The Labute approximate surface area is 78.7 Å². The van der Waals surface area contributed by atoms with Crippen molar-refractivity contribution in [2.75, 3.05) is 13.2 Å². The van der Waals surface area contributed by atoms with Gasteiger partial charge in [0.15, 0.2) is 0 Å². The van der Waals surface area contributed by atoms with Crippen LogP contribution in [0.4, 0.5) is 13.2 Å². The first kappa shape index (κ1) is 13.2. The van der Waals surface area contributed by atoms with Gasteiger partial charge in [-0.25, -0.2) is 0 Å². The third kappa shape index (κ3) is 3.15. The van der Waals surface area contributed by atoms with E-state index in [4.69, 9.17) is 10.2 Å². The van der Waals surface area contributed by atoms with Crippen molar-refractivity contribution in [3.63, 3.8) is 0 Å². The van der Waals surface area contributed by atoms with Gasteiger partial charge in [-0.3, -0.25) is 4.79 Å². The van der Waals surface area contributed by atoms with Crippen LogP contribution < -0.4 is 5.32 Å². The van der Waals surface area contributed by atoms with E-state index in [-0.39, 0.29) is 6.42 Å². The molecule has 0 unspecified atom stereocenters. The molecule has 0 aromatic rings. The summed E-state index contributed by atoms with van der Waals surface area (Å²) in [6.45, 7) is -0.0489. The number of alkyl halides is 3. The predicted molar refractivity (Wildman–Crippen MR) is 41.4 cm³/mol. The quantitative estimate of drug-likeness (QED) is 0.608. The SMILES string of the molecule is CCC(CO)(CO)NC(=O)C(F)(F)F. The number of aliphatic hydroxyl groups excluding tert-OH is 2. The van der Waals surface area contributed by atoms with Crippen molar-refractivity contribution in [3.05, 3.63) is 0 Å². The van der Waals surface area contributed by atoms with Crippen LogP contribution in [0.3, 0.4) is 0 Å². The van der Waals surface area contributed by atoms with Crippen LogP contribution in [0.1, 0.15) is 13.3 Å². The Morgan fingerprint density at radius 2 is 1.71 bits per heavy atom. The molecule has 14 heavy (non-hydrogen) atoms. The largest absolute Gasteiger partial charge is 0.471 e. The van der Waals surface area contributed by atoms with E-state index in [9.17, 15) is 18.0 Å². The van der Waals surface area contributed by atoms with E-state index < -0.39 is 30.8 Å². The molecule has 3 N–H and O–H groups in total. The second kappa shape index (κ2) is 4.61. The van der Waals surface area contributed by atoms with Crippen molar-refractivity contribution in [3.8, 4) is 0 Å². The molecule has 0 aliphatic carbocycles. The molecule has 0 saturated carbocycles. The van der Waals surface area contributed by atoms with Crippen LogP contribution in [0.15, 0.2) is 0 Å². The minimum absolute atomic E-state index is 0.00181. The molecule has 0 saturated heterocycles. The minimum atomic E-state index is -5.01. The number of carbonyl (C=O) groups excluding carboxylic acids is 1. The average Bonchev–Trinajstić information content (AvgIpc) is 2.12. The fraction of sp³-hybridized carbons (Fsp3) is 0.857. The fourth-order valence-electron chi connectivity index (χ4n) is 0.753. The molecule has 0 spiro atoms. The molecular weight excluding hydrogens is 203 g/mol. The van der Waals surface area contributed by atoms with Gasteiger partial charge in [0.1, 0.15) is 0 Å². The maximum atomic E-state index is 11.8. The van der Waals surface area contributed by atoms with Crippen LogP contribution in [0.5, 0.6) is 0 Å². The highest BCUT2D eigenvalue weighted by molar-refractivity contribution is 5.82. The van der Waals surface area contributed by atoms with Gasteiger partial charge in [-0.2, -0.15) is 13.2 Å². The van der Waals surface area contributed by atoms with Gasteiger partial charge in [-0.1, -0.05) is 6.92 Å². The molecule has 0 rings (SSSR count). The highest BCUT2D eigenvalue weighted by Gasteiger charge is 2.43. The molecule has 0 fully saturated rings. The first-order valence-corrected chi connectivity index (χ1v) is 3.92. The molecule has 0 radical (unpaired) electrons. The lowest BCUT2D eigenvalue weighted by molar-refractivity contribution is -0.176. The Hall–Kier alpha value is -0.820. The van der Waals surface area contributed by atoms with Crippen molar-refractivity contribution >= 4 is 5.91 Å². The molecule has 0 aliphatic rings. The van der Waals surface area contributed by atoms with E-state index in [0.717, 1.165) is 0 Å². The molecule has 0 bridgehead atoms. The van der Waals surface area contributed by atoms with Crippen LogP contribution in [-0.2, 0) is 4.79 Å². The third-order valence-electron chi connectivity index (χ3n) is 1.92. The first-order chi connectivity index (χ1) is 6.31. The number of hydrogen-bond donors (Lipinski definition) is 3. The first-order valence-electron chi connectivity index (χ1n) is 3.92. The van der Waals surface area contributed by atoms with Gasteiger partial charge in [0, 0.05) is 0 Å². The van der Waals surface area contributed by atoms with Gasteiger partial charge in [-0.15, -0.1) is 0 Å².